The Balaban J connectivity index is 1.30. The minimum atomic E-state index is -0.289. The van der Waals surface area contributed by atoms with Crippen LogP contribution in [0.1, 0.15) is 85.8 Å². The predicted molar refractivity (Wildman–Crippen MR) is 135 cm³/mol. The lowest BCUT2D eigenvalue weighted by Gasteiger charge is -2.50. The molecule has 5 atom stereocenters. The van der Waals surface area contributed by atoms with Gasteiger partial charge in [-0.25, -0.2) is 4.79 Å². The van der Waals surface area contributed by atoms with Crippen LogP contribution in [-0.2, 0) is 13.0 Å². The Morgan fingerprint density at radius 1 is 1.09 bits per heavy atom. The molecule has 182 valence electrons. The highest BCUT2D eigenvalue weighted by molar-refractivity contribution is 5.91. The molecule has 2 fully saturated rings. The van der Waals surface area contributed by atoms with Crippen LogP contribution in [0.25, 0.3) is 0 Å². The number of hydrogen-bond acceptors (Lipinski definition) is 4. The average molecular weight is 462 g/mol. The average Bonchev–Trinajstić information content (AvgIpc) is 3.16. The van der Waals surface area contributed by atoms with Crippen LogP contribution in [0, 0.1) is 17.3 Å². The summed E-state index contributed by atoms with van der Waals surface area (Å²) in [5.41, 5.74) is 4.63. The van der Waals surface area contributed by atoms with E-state index in [-0.39, 0.29) is 17.5 Å². The van der Waals surface area contributed by atoms with E-state index in [9.17, 15) is 9.90 Å². The SMILES string of the molecule is CCN(CC)Cc1cccc(C(=O)Oc2ccc3c(c2)CC[C@@H]2[C@@H]3CC[C@]3(C)[C@@H](O)CC[C@@H]23)c1. The first kappa shape index (κ1) is 23.6. The van der Waals surface area contributed by atoms with Crippen molar-refractivity contribution in [1.82, 2.24) is 4.90 Å². The van der Waals surface area contributed by atoms with Crippen molar-refractivity contribution in [2.24, 2.45) is 17.3 Å². The zero-order valence-corrected chi connectivity index (χ0v) is 20.9. The molecule has 2 saturated carbocycles. The van der Waals surface area contributed by atoms with Crippen LogP contribution in [0.3, 0.4) is 0 Å². The quantitative estimate of drug-likeness (QED) is 0.426. The molecule has 2 aromatic carbocycles. The largest absolute Gasteiger partial charge is 0.423 e. The van der Waals surface area contributed by atoms with Gasteiger partial charge in [0.2, 0.25) is 0 Å². The molecule has 0 saturated heterocycles. The maximum Gasteiger partial charge on any atom is 0.343 e. The second-order valence-electron chi connectivity index (χ2n) is 11.0. The summed E-state index contributed by atoms with van der Waals surface area (Å²) in [6.07, 6.45) is 6.46. The number of aliphatic hydroxyl groups excluding tert-OH is 1. The van der Waals surface area contributed by atoms with Gasteiger partial charge < -0.3 is 9.84 Å². The molecular weight excluding hydrogens is 422 g/mol. The van der Waals surface area contributed by atoms with E-state index >= 15 is 0 Å². The number of carbonyl (C=O) groups is 1. The molecule has 0 radical (unpaired) electrons. The highest BCUT2D eigenvalue weighted by Crippen LogP contribution is 2.60. The van der Waals surface area contributed by atoms with Gasteiger partial charge in [0.05, 0.1) is 11.7 Å². The van der Waals surface area contributed by atoms with Crippen molar-refractivity contribution in [1.29, 1.82) is 0 Å². The standard InChI is InChI=1S/C30H39NO3/c1-4-31(5-2)19-20-7-6-8-22(17-20)29(33)34-23-10-12-24-21(18-23)9-11-26-25(24)15-16-30(3)27(26)13-14-28(30)32/h6-8,10,12,17-18,25-28,32H,4-5,9,11,13-16,19H2,1-3H3/t25-,26-,27+,28+,30+/m1/s1. The van der Waals surface area contributed by atoms with Gasteiger partial charge in [0.1, 0.15) is 5.75 Å². The number of carbonyl (C=O) groups excluding carboxylic acids is 1. The zero-order chi connectivity index (χ0) is 23.9. The van der Waals surface area contributed by atoms with E-state index in [1.54, 1.807) is 0 Å². The molecule has 0 aromatic heterocycles. The molecule has 0 spiro atoms. The Kier molecular flexibility index (Phi) is 6.56. The lowest BCUT2D eigenvalue weighted by molar-refractivity contribution is -0.0226. The van der Waals surface area contributed by atoms with Gasteiger partial charge in [-0.1, -0.05) is 39.0 Å². The summed E-state index contributed by atoms with van der Waals surface area (Å²) in [7, 11) is 0. The van der Waals surface area contributed by atoms with Crippen molar-refractivity contribution in [2.45, 2.75) is 77.9 Å². The highest BCUT2D eigenvalue weighted by atomic mass is 16.5. The van der Waals surface area contributed by atoms with Crippen molar-refractivity contribution >= 4 is 5.97 Å². The fourth-order valence-electron chi connectivity index (χ4n) is 7.26. The first-order chi connectivity index (χ1) is 16.4. The van der Waals surface area contributed by atoms with Crippen LogP contribution < -0.4 is 4.74 Å². The lowest BCUT2D eigenvalue weighted by atomic mass is 9.55. The smallest absolute Gasteiger partial charge is 0.343 e. The molecular formula is C30H39NO3. The van der Waals surface area contributed by atoms with Crippen molar-refractivity contribution in [3.63, 3.8) is 0 Å². The lowest BCUT2D eigenvalue weighted by Crippen LogP contribution is -2.43. The van der Waals surface area contributed by atoms with E-state index in [2.05, 4.69) is 43.9 Å². The van der Waals surface area contributed by atoms with Crippen LogP contribution in [0.15, 0.2) is 42.5 Å². The Labute approximate surface area is 204 Å². The van der Waals surface area contributed by atoms with Gasteiger partial charge in [0.15, 0.2) is 0 Å². The third-order valence-corrected chi connectivity index (χ3v) is 9.32. The summed E-state index contributed by atoms with van der Waals surface area (Å²) in [4.78, 5) is 15.3. The Hall–Kier alpha value is -2.17. The molecule has 3 aliphatic rings. The summed E-state index contributed by atoms with van der Waals surface area (Å²) >= 11 is 0. The monoisotopic (exact) mass is 461 g/mol. The number of fused-ring (bicyclic) bond motifs is 5. The summed E-state index contributed by atoms with van der Waals surface area (Å²) in [6.45, 7) is 9.45. The van der Waals surface area contributed by atoms with E-state index in [0.717, 1.165) is 57.3 Å². The minimum Gasteiger partial charge on any atom is -0.423 e. The van der Waals surface area contributed by atoms with Crippen LogP contribution >= 0.6 is 0 Å². The molecule has 0 unspecified atom stereocenters. The summed E-state index contributed by atoms with van der Waals surface area (Å²) < 4.78 is 5.83. The highest BCUT2D eigenvalue weighted by Gasteiger charge is 2.54. The molecule has 0 bridgehead atoms. The third kappa shape index (κ3) is 4.20. The molecule has 3 aliphatic carbocycles. The number of aliphatic hydroxyl groups is 1. The Morgan fingerprint density at radius 3 is 2.71 bits per heavy atom. The number of benzene rings is 2. The molecule has 4 heteroatoms. The van der Waals surface area contributed by atoms with Gasteiger partial charge in [-0.3, -0.25) is 4.90 Å². The molecule has 34 heavy (non-hydrogen) atoms. The molecule has 4 nitrogen and oxygen atoms in total. The minimum absolute atomic E-state index is 0.105. The van der Waals surface area contributed by atoms with Gasteiger partial charge in [-0.15, -0.1) is 0 Å². The summed E-state index contributed by atoms with van der Waals surface area (Å²) in [6, 6.07) is 14.1. The van der Waals surface area contributed by atoms with Crippen LogP contribution in [0.2, 0.25) is 0 Å². The van der Waals surface area contributed by atoms with Gasteiger partial charge in [0.25, 0.3) is 0 Å². The molecule has 0 heterocycles. The number of nitrogens with zero attached hydrogens (tertiary/aromatic N) is 1. The first-order valence-corrected chi connectivity index (χ1v) is 13.3. The van der Waals surface area contributed by atoms with Crippen LogP contribution in [0.4, 0.5) is 0 Å². The van der Waals surface area contributed by atoms with E-state index < -0.39 is 0 Å². The zero-order valence-electron chi connectivity index (χ0n) is 20.9. The molecule has 1 N–H and O–H groups in total. The molecule has 0 aliphatic heterocycles. The van der Waals surface area contributed by atoms with Gasteiger partial charge in [-0.05, 0) is 116 Å². The number of hydrogen-bond donors (Lipinski definition) is 1. The summed E-state index contributed by atoms with van der Waals surface area (Å²) in [5, 5.41) is 10.6. The van der Waals surface area contributed by atoms with Gasteiger partial charge >= 0.3 is 5.97 Å². The normalized spacial score (nSPS) is 29.9. The van der Waals surface area contributed by atoms with Crippen molar-refractivity contribution in [2.75, 3.05) is 13.1 Å². The van der Waals surface area contributed by atoms with Crippen LogP contribution in [-0.4, -0.2) is 35.2 Å². The van der Waals surface area contributed by atoms with Crippen molar-refractivity contribution < 1.29 is 14.6 Å². The number of ether oxygens (including phenoxy) is 1. The van der Waals surface area contributed by atoms with E-state index in [0.29, 0.717) is 29.1 Å². The van der Waals surface area contributed by atoms with Crippen molar-refractivity contribution in [3.8, 4) is 5.75 Å². The second-order valence-corrected chi connectivity index (χ2v) is 11.0. The molecule has 0 amide bonds. The Bertz CT molecular complexity index is 1050. The number of esters is 1. The van der Waals surface area contributed by atoms with Crippen molar-refractivity contribution in [3.05, 3.63) is 64.7 Å². The topological polar surface area (TPSA) is 49.8 Å². The maximum absolute atomic E-state index is 12.9. The second kappa shape index (κ2) is 9.47. The Morgan fingerprint density at radius 2 is 1.91 bits per heavy atom. The fraction of sp³-hybridized carbons (Fsp3) is 0.567. The first-order valence-electron chi connectivity index (χ1n) is 13.3. The van der Waals surface area contributed by atoms with E-state index in [1.165, 1.54) is 17.5 Å². The maximum atomic E-state index is 12.9. The molecule has 5 rings (SSSR count). The number of rotatable bonds is 6. The van der Waals surface area contributed by atoms with Gasteiger partial charge in [-0.2, -0.15) is 0 Å². The van der Waals surface area contributed by atoms with E-state index in [1.807, 2.05) is 24.3 Å². The molecule has 2 aromatic rings. The van der Waals surface area contributed by atoms with Crippen LogP contribution in [0.5, 0.6) is 5.75 Å². The predicted octanol–water partition coefficient (Wildman–Crippen LogP) is 5.96. The van der Waals surface area contributed by atoms with Gasteiger partial charge in [0, 0.05) is 6.54 Å². The third-order valence-electron chi connectivity index (χ3n) is 9.32. The van der Waals surface area contributed by atoms with E-state index in [4.69, 9.17) is 4.74 Å². The summed E-state index contributed by atoms with van der Waals surface area (Å²) in [5.74, 6) is 2.24. The number of aryl methyl sites for hydroxylation is 1. The fourth-order valence-corrected chi connectivity index (χ4v) is 7.26.